The van der Waals surface area contributed by atoms with Crippen LogP contribution in [-0.2, 0) is 4.79 Å². The lowest BCUT2D eigenvalue weighted by Crippen LogP contribution is -2.41. The van der Waals surface area contributed by atoms with Gasteiger partial charge in [-0.3, -0.25) is 4.79 Å². The van der Waals surface area contributed by atoms with Crippen LogP contribution in [-0.4, -0.2) is 45.2 Å². The van der Waals surface area contributed by atoms with Crippen molar-refractivity contribution in [1.82, 2.24) is 0 Å². The second-order valence-corrected chi connectivity index (χ2v) is 8.64. The van der Waals surface area contributed by atoms with Crippen molar-refractivity contribution in [3.63, 3.8) is 0 Å². The largest absolute Gasteiger partial charge is 0.481 e. The maximum absolute atomic E-state index is 11.5. The molecule has 0 aliphatic carbocycles. The molecule has 0 aromatic rings. The molecule has 0 aromatic heterocycles. The molecule has 0 heterocycles. The number of hydrogen-bond acceptors (Lipinski definition) is 4. The van der Waals surface area contributed by atoms with E-state index >= 15 is 0 Å². The molecule has 0 saturated heterocycles. The molecular weight excluding hydrogens is 368 g/mol. The standard InChI is InChI=1S/C24H48O5/c1-3-5-6-7-8-9-10-11-12-13-14-15-16-17-18-21(20(4-2)24(28)29)23(27)22(26)19-25/h20-23,25-27H,3-19H2,1-2H3,(H,28,29)/t20-,21-,22-,23-/m1/s1. The number of rotatable bonds is 21. The third-order valence-electron chi connectivity index (χ3n) is 6.18. The van der Waals surface area contributed by atoms with E-state index in [2.05, 4.69) is 6.92 Å². The van der Waals surface area contributed by atoms with Crippen molar-refractivity contribution in [2.24, 2.45) is 11.8 Å². The molecule has 4 N–H and O–H groups in total. The van der Waals surface area contributed by atoms with Gasteiger partial charge in [-0.05, 0) is 12.8 Å². The molecule has 0 fully saturated rings. The molecule has 29 heavy (non-hydrogen) atoms. The fourth-order valence-corrected chi connectivity index (χ4v) is 4.24. The predicted molar refractivity (Wildman–Crippen MR) is 119 cm³/mol. The van der Waals surface area contributed by atoms with Crippen molar-refractivity contribution >= 4 is 5.97 Å². The van der Waals surface area contributed by atoms with Gasteiger partial charge in [-0.15, -0.1) is 0 Å². The zero-order valence-corrected chi connectivity index (χ0v) is 19.0. The van der Waals surface area contributed by atoms with Gasteiger partial charge >= 0.3 is 5.97 Å². The zero-order chi connectivity index (χ0) is 21.9. The summed E-state index contributed by atoms with van der Waals surface area (Å²) in [6.07, 6.45) is 16.2. The predicted octanol–water partition coefficient (Wildman–Crippen LogP) is 5.30. The third-order valence-corrected chi connectivity index (χ3v) is 6.18. The Bertz CT molecular complexity index is 374. The third kappa shape index (κ3) is 14.1. The molecule has 0 aliphatic rings. The van der Waals surface area contributed by atoms with Gasteiger partial charge in [-0.1, -0.05) is 104 Å². The van der Waals surface area contributed by atoms with Crippen molar-refractivity contribution in [3.05, 3.63) is 0 Å². The maximum Gasteiger partial charge on any atom is 0.306 e. The summed E-state index contributed by atoms with van der Waals surface area (Å²) in [5, 5.41) is 38.5. The molecule has 0 aromatic carbocycles. The van der Waals surface area contributed by atoms with Crippen LogP contribution >= 0.6 is 0 Å². The Balaban J connectivity index is 3.86. The van der Waals surface area contributed by atoms with Crippen molar-refractivity contribution in [2.75, 3.05) is 6.61 Å². The van der Waals surface area contributed by atoms with Crippen LogP contribution in [0.2, 0.25) is 0 Å². The number of carbonyl (C=O) groups is 1. The highest BCUT2D eigenvalue weighted by Crippen LogP contribution is 2.28. The van der Waals surface area contributed by atoms with E-state index in [9.17, 15) is 20.1 Å². The Hall–Kier alpha value is -0.650. The summed E-state index contributed by atoms with van der Waals surface area (Å²) in [5.41, 5.74) is 0. The lowest BCUT2D eigenvalue weighted by Gasteiger charge is -2.30. The highest BCUT2D eigenvalue weighted by atomic mass is 16.4. The molecule has 0 amide bonds. The van der Waals surface area contributed by atoms with Crippen LogP contribution < -0.4 is 0 Å². The van der Waals surface area contributed by atoms with E-state index in [1.165, 1.54) is 70.6 Å². The van der Waals surface area contributed by atoms with Gasteiger partial charge in [0.1, 0.15) is 6.10 Å². The van der Waals surface area contributed by atoms with E-state index in [4.69, 9.17) is 5.11 Å². The van der Waals surface area contributed by atoms with Gasteiger partial charge in [-0.2, -0.15) is 0 Å². The summed E-state index contributed by atoms with van der Waals surface area (Å²) in [5.74, 6) is -2.14. The zero-order valence-electron chi connectivity index (χ0n) is 19.0. The molecule has 0 radical (unpaired) electrons. The van der Waals surface area contributed by atoms with Crippen molar-refractivity contribution in [3.8, 4) is 0 Å². The summed E-state index contributed by atoms with van der Waals surface area (Å²) >= 11 is 0. The van der Waals surface area contributed by atoms with Crippen molar-refractivity contribution in [1.29, 1.82) is 0 Å². The van der Waals surface area contributed by atoms with Gasteiger partial charge in [0.2, 0.25) is 0 Å². The topological polar surface area (TPSA) is 98.0 Å². The Morgan fingerprint density at radius 1 is 0.724 bits per heavy atom. The van der Waals surface area contributed by atoms with E-state index in [-0.39, 0.29) is 0 Å². The number of carboxylic acids is 1. The smallest absolute Gasteiger partial charge is 0.306 e. The second-order valence-electron chi connectivity index (χ2n) is 8.64. The van der Waals surface area contributed by atoms with Gasteiger partial charge in [0, 0.05) is 5.92 Å². The van der Waals surface area contributed by atoms with Crippen molar-refractivity contribution < 1.29 is 25.2 Å². The molecular formula is C24H48O5. The fourth-order valence-electron chi connectivity index (χ4n) is 4.24. The van der Waals surface area contributed by atoms with Gasteiger partial charge in [-0.25, -0.2) is 0 Å². The average Bonchev–Trinajstić information content (AvgIpc) is 2.71. The molecule has 174 valence electrons. The molecule has 0 spiro atoms. The molecule has 5 heteroatoms. The van der Waals surface area contributed by atoms with Crippen LogP contribution in [0.5, 0.6) is 0 Å². The van der Waals surface area contributed by atoms with Gasteiger partial charge in [0.25, 0.3) is 0 Å². The van der Waals surface area contributed by atoms with E-state index in [0.717, 1.165) is 19.3 Å². The summed E-state index contributed by atoms with van der Waals surface area (Å²) in [4.78, 5) is 11.5. The van der Waals surface area contributed by atoms with Gasteiger partial charge < -0.3 is 20.4 Å². The Morgan fingerprint density at radius 2 is 1.14 bits per heavy atom. The summed E-state index contributed by atoms with van der Waals surface area (Å²) in [6, 6.07) is 0. The Morgan fingerprint density at radius 3 is 1.48 bits per heavy atom. The lowest BCUT2D eigenvalue weighted by molar-refractivity contribution is -0.148. The molecule has 4 atom stereocenters. The first-order valence-electron chi connectivity index (χ1n) is 12.2. The normalized spacial score (nSPS) is 15.8. The number of unbranched alkanes of at least 4 members (excludes halogenated alkanes) is 13. The summed E-state index contributed by atoms with van der Waals surface area (Å²) in [6.45, 7) is 3.49. The first kappa shape index (κ1) is 28.4. The summed E-state index contributed by atoms with van der Waals surface area (Å²) in [7, 11) is 0. The van der Waals surface area contributed by atoms with E-state index in [1.807, 2.05) is 0 Å². The first-order valence-corrected chi connectivity index (χ1v) is 12.2. The highest BCUT2D eigenvalue weighted by Gasteiger charge is 2.35. The average molecular weight is 417 g/mol. The van der Waals surface area contributed by atoms with E-state index in [1.54, 1.807) is 6.92 Å². The molecule has 5 nitrogen and oxygen atoms in total. The minimum atomic E-state index is -1.28. The van der Waals surface area contributed by atoms with Crippen molar-refractivity contribution in [2.45, 2.75) is 129 Å². The first-order chi connectivity index (χ1) is 14.0. The van der Waals surface area contributed by atoms with Gasteiger partial charge in [0.15, 0.2) is 0 Å². The quantitative estimate of drug-likeness (QED) is 0.190. The number of aliphatic hydroxyl groups is 3. The van der Waals surface area contributed by atoms with Crippen LogP contribution in [0.4, 0.5) is 0 Å². The highest BCUT2D eigenvalue weighted by molar-refractivity contribution is 5.70. The monoisotopic (exact) mass is 416 g/mol. The Labute approximate surface area is 178 Å². The minimum absolute atomic E-state index is 0.411. The van der Waals surface area contributed by atoms with Crippen LogP contribution in [0.3, 0.4) is 0 Å². The molecule has 0 aliphatic heterocycles. The van der Waals surface area contributed by atoms with Crippen LogP contribution in [0.15, 0.2) is 0 Å². The van der Waals surface area contributed by atoms with E-state index < -0.39 is 36.6 Å². The number of aliphatic carboxylic acids is 1. The molecule has 0 unspecified atom stereocenters. The van der Waals surface area contributed by atoms with Gasteiger partial charge in [0.05, 0.1) is 18.6 Å². The SMILES string of the molecule is CCCCCCCCCCCCCCCC[C@@H]([C@@H](O)[C@H](O)CO)[C@@H](CC)C(=O)O. The van der Waals surface area contributed by atoms with Crippen LogP contribution in [0.25, 0.3) is 0 Å². The molecule has 0 rings (SSSR count). The number of aliphatic hydroxyl groups excluding tert-OH is 3. The number of hydrogen-bond donors (Lipinski definition) is 4. The Kier molecular flexibility index (Phi) is 18.9. The molecule has 0 bridgehead atoms. The fraction of sp³-hybridized carbons (Fsp3) is 0.958. The van der Waals surface area contributed by atoms with Crippen LogP contribution in [0, 0.1) is 11.8 Å². The minimum Gasteiger partial charge on any atom is -0.481 e. The lowest BCUT2D eigenvalue weighted by atomic mass is 9.80. The second kappa shape index (κ2) is 19.3. The molecule has 0 saturated carbocycles. The van der Waals surface area contributed by atoms with Crippen LogP contribution in [0.1, 0.15) is 117 Å². The number of carboxylic acid groups (broad SMARTS) is 1. The maximum atomic E-state index is 11.5. The van der Waals surface area contributed by atoms with E-state index in [0.29, 0.717) is 12.8 Å². The summed E-state index contributed by atoms with van der Waals surface area (Å²) < 4.78 is 0.